The first kappa shape index (κ1) is 32.5. The lowest BCUT2D eigenvalue weighted by atomic mass is 9.55. The van der Waals surface area contributed by atoms with Crippen molar-refractivity contribution in [3.8, 4) is 5.75 Å². The second-order valence-electron chi connectivity index (χ2n) is 13.1. The number of non-ortho nitro benzene ring substituents is 1. The van der Waals surface area contributed by atoms with E-state index in [-0.39, 0.29) is 22.6 Å². The topological polar surface area (TPSA) is 144 Å². The maximum atomic E-state index is 14.5. The van der Waals surface area contributed by atoms with Gasteiger partial charge in [0.25, 0.3) is 23.4 Å². The Kier molecular flexibility index (Phi) is 7.83. The maximum Gasteiger partial charge on any atom is 0.343 e. The van der Waals surface area contributed by atoms with Gasteiger partial charge in [0.05, 0.1) is 22.3 Å². The predicted octanol–water partition coefficient (Wildman–Crippen LogP) is 6.25. The van der Waals surface area contributed by atoms with Crippen molar-refractivity contribution in [3.63, 3.8) is 0 Å². The number of hydrogen-bond donors (Lipinski definition) is 0. The van der Waals surface area contributed by atoms with Crippen molar-refractivity contribution in [2.45, 2.75) is 18.8 Å². The van der Waals surface area contributed by atoms with Crippen LogP contribution in [-0.2, 0) is 9.59 Å². The fourth-order valence-corrected chi connectivity index (χ4v) is 7.80. The number of imide groups is 1. The smallest absolute Gasteiger partial charge is 0.343 e. The van der Waals surface area contributed by atoms with Crippen LogP contribution in [0.2, 0.25) is 0 Å². The Morgan fingerprint density at radius 2 is 1.13 bits per heavy atom. The van der Waals surface area contributed by atoms with Crippen LogP contribution in [0.25, 0.3) is 0 Å². The molecule has 0 spiro atoms. The highest BCUT2D eigenvalue weighted by atomic mass is 16.6. The first-order valence-electron chi connectivity index (χ1n) is 16.7. The number of ether oxygens (including phenoxy) is 1. The zero-order valence-corrected chi connectivity index (χ0v) is 27.7. The van der Waals surface area contributed by atoms with Crippen molar-refractivity contribution in [2.75, 3.05) is 6.54 Å². The van der Waals surface area contributed by atoms with Crippen molar-refractivity contribution >= 4 is 35.2 Å². The molecule has 9 rings (SSSR count). The molecule has 0 unspecified atom stereocenters. The summed E-state index contributed by atoms with van der Waals surface area (Å²) >= 11 is 0. The number of nitro benzene ring substituents is 1. The van der Waals surface area contributed by atoms with Crippen molar-refractivity contribution in [1.82, 2.24) is 10.0 Å². The highest BCUT2D eigenvalue weighted by Crippen LogP contribution is 2.61. The van der Waals surface area contributed by atoms with Crippen molar-refractivity contribution in [1.29, 1.82) is 0 Å². The number of carbonyl (C=O) groups excluding carboxylic acids is 5. The number of amides is 3. The van der Waals surface area contributed by atoms with Gasteiger partial charge in [0.1, 0.15) is 12.3 Å². The largest absolute Gasteiger partial charge is 0.423 e. The van der Waals surface area contributed by atoms with Gasteiger partial charge in [-0.25, -0.2) is 9.80 Å². The molecule has 3 aliphatic carbocycles. The molecule has 0 saturated carbocycles. The van der Waals surface area contributed by atoms with Crippen molar-refractivity contribution in [2.24, 2.45) is 11.8 Å². The van der Waals surface area contributed by atoms with Crippen LogP contribution in [0.3, 0.4) is 0 Å². The van der Waals surface area contributed by atoms with Crippen LogP contribution in [0, 0.1) is 28.9 Å². The van der Waals surface area contributed by atoms with Crippen LogP contribution in [0.5, 0.6) is 5.75 Å². The lowest BCUT2D eigenvalue weighted by molar-refractivity contribution is -0.384. The molecule has 5 aromatic rings. The molecule has 1 aliphatic heterocycles. The molecule has 0 aromatic heterocycles. The van der Waals surface area contributed by atoms with Crippen LogP contribution in [0.1, 0.15) is 70.7 Å². The number of carbonyl (C=O) groups is 5. The number of ketones is 1. The minimum atomic E-state index is -0.852. The molecule has 0 radical (unpaired) electrons. The molecule has 5 aromatic carbocycles. The molecule has 11 nitrogen and oxygen atoms in total. The van der Waals surface area contributed by atoms with E-state index in [4.69, 9.17) is 4.74 Å². The fourth-order valence-electron chi connectivity index (χ4n) is 7.80. The summed E-state index contributed by atoms with van der Waals surface area (Å²) in [5, 5.41) is 13.0. The summed E-state index contributed by atoms with van der Waals surface area (Å²) in [6, 6.07) is 32.8. The molecule has 256 valence electrons. The van der Waals surface area contributed by atoms with E-state index in [0.717, 1.165) is 50.0 Å². The van der Waals surface area contributed by atoms with Gasteiger partial charge in [-0.05, 0) is 77.7 Å². The second kappa shape index (κ2) is 12.5. The van der Waals surface area contributed by atoms with Gasteiger partial charge in [-0.1, -0.05) is 66.2 Å². The number of hydrogen-bond acceptors (Lipinski definition) is 8. The van der Waals surface area contributed by atoms with E-state index >= 15 is 0 Å². The third-order valence-electron chi connectivity index (χ3n) is 10.2. The molecular weight excluding hydrogens is 662 g/mol. The number of hydrazine groups is 1. The number of benzene rings is 5. The van der Waals surface area contributed by atoms with E-state index in [2.05, 4.69) is 0 Å². The maximum absolute atomic E-state index is 14.5. The molecule has 1 saturated heterocycles. The Labute approximate surface area is 297 Å². The molecule has 11 heteroatoms. The number of nitro groups is 1. The Morgan fingerprint density at radius 3 is 1.62 bits per heavy atom. The SMILES string of the molecule is Cc1ccc(C(=O)Oc2ccc(C(=O)CN(C(=O)c3ccc([N+](=O)[O-])cc3)N3C(=O)[C@@H]4C5c6ccccc6C(c6ccccc65)[C@@H]4C3=O)cc2)cc1. The average molecular weight is 692 g/mol. The fraction of sp³-hybridized carbons (Fsp3) is 0.146. The molecule has 52 heavy (non-hydrogen) atoms. The first-order chi connectivity index (χ1) is 25.1. The summed E-state index contributed by atoms with van der Waals surface area (Å²) in [6.07, 6.45) is 0. The zero-order chi connectivity index (χ0) is 36.3. The third-order valence-corrected chi connectivity index (χ3v) is 10.2. The number of nitrogens with zero attached hydrogens (tertiary/aromatic N) is 3. The monoisotopic (exact) mass is 691 g/mol. The molecule has 2 bridgehead atoms. The first-order valence-corrected chi connectivity index (χ1v) is 16.7. The summed E-state index contributed by atoms with van der Waals surface area (Å²) < 4.78 is 5.46. The Balaban J connectivity index is 1.12. The summed E-state index contributed by atoms with van der Waals surface area (Å²) in [5.74, 6) is -5.55. The second-order valence-corrected chi connectivity index (χ2v) is 13.1. The van der Waals surface area contributed by atoms with Crippen LogP contribution >= 0.6 is 0 Å². The Bertz CT molecular complexity index is 2200. The van der Waals surface area contributed by atoms with E-state index in [1.54, 1.807) is 24.3 Å². The highest BCUT2D eigenvalue weighted by molar-refractivity contribution is 6.11. The van der Waals surface area contributed by atoms with E-state index in [1.807, 2.05) is 55.5 Å². The molecule has 2 atom stereocenters. The average Bonchev–Trinajstić information content (AvgIpc) is 3.43. The molecule has 3 amide bonds. The van der Waals surface area contributed by atoms with Crippen LogP contribution < -0.4 is 4.74 Å². The van der Waals surface area contributed by atoms with Gasteiger partial charge < -0.3 is 4.74 Å². The molecule has 4 aliphatic rings. The van der Waals surface area contributed by atoms with Gasteiger partial charge in [-0.15, -0.1) is 0 Å². The van der Waals surface area contributed by atoms with E-state index in [0.29, 0.717) is 5.56 Å². The summed E-state index contributed by atoms with van der Waals surface area (Å²) in [4.78, 5) is 80.5. The van der Waals surface area contributed by atoms with Gasteiger partial charge in [-0.3, -0.25) is 29.3 Å². The number of esters is 1. The lowest BCUT2D eigenvalue weighted by Gasteiger charge is -2.45. The number of Topliss-reactive ketones (excluding diaryl/α,β-unsaturated/α-hetero) is 1. The van der Waals surface area contributed by atoms with Crippen LogP contribution in [-0.4, -0.2) is 51.0 Å². The van der Waals surface area contributed by atoms with Crippen molar-refractivity contribution < 1.29 is 33.6 Å². The van der Waals surface area contributed by atoms with Gasteiger partial charge in [0.15, 0.2) is 5.78 Å². The van der Waals surface area contributed by atoms with Crippen molar-refractivity contribution in [3.05, 3.63) is 176 Å². The van der Waals surface area contributed by atoms with E-state index in [1.165, 1.54) is 36.4 Å². The third kappa shape index (κ3) is 5.25. The summed E-state index contributed by atoms with van der Waals surface area (Å²) in [6.45, 7) is 1.21. The number of aryl methyl sites for hydroxylation is 1. The molecule has 0 N–H and O–H groups in total. The lowest BCUT2D eigenvalue weighted by Crippen LogP contribution is -2.52. The predicted molar refractivity (Wildman–Crippen MR) is 186 cm³/mol. The Hall–Kier alpha value is -6.75. The van der Waals surface area contributed by atoms with E-state index in [9.17, 15) is 34.1 Å². The molecular formula is C41H29N3O8. The minimum absolute atomic E-state index is 0.0539. The summed E-state index contributed by atoms with van der Waals surface area (Å²) in [5.41, 5.74) is 4.95. The van der Waals surface area contributed by atoms with Gasteiger partial charge in [0, 0.05) is 35.1 Å². The normalized spacial score (nSPS) is 19.4. The van der Waals surface area contributed by atoms with Crippen LogP contribution in [0.15, 0.2) is 121 Å². The minimum Gasteiger partial charge on any atom is -0.423 e. The van der Waals surface area contributed by atoms with Gasteiger partial charge in [0.2, 0.25) is 0 Å². The van der Waals surface area contributed by atoms with E-state index < -0.39 is 64.6 Å². The molecule has 1 heterocycles. The number of rotatable bonds is 8. The quantitative estimate of drug-likeness (QED) is 0.0464. The standard InChI is InChI=1S/C41H29N3O8/c1-23-10-12-26(13-11-23)41(49)52-28-20-16-24(17-21-28)33(45)22-42(38(46)25-14-18-27(19-15-25)44(50)51)43-39(47)36-34-29-6-2-3-7-30(29)35(37(36)40(43)48)32-9-5-4-8-31(32)34/h2-21,34-37H,22H2,1H3/t34?,35?,36-,37+. The summed E-state index contributed by atoms with van der Waals surface area (Å²) in [7, 11) is 0. The highest BCUT2D eigenvalue weighted by Gasteiger charge is 2.63. The molecule has 1 fully saturated rings. The van der Waals surface area contributed by atoms with Gasteiger partial charge >= 0.3 is 5.97 Å². The van der Waals surface area contributed by atoms with Gasteiger partial charge in [-0.2, -0.15) is 5.01 Å². The zero-order valence-electron chi connectivity index (χ0n) is 27.7. The Morgan fingerprint density at radius 1 is 0.673 bits per heavy atom. The van der Waals surface area contributed by atoms with Crippen LogP contribution in [0.4, 0.5) is 5.69 Å².